The van der Waals surface area contributed by atoms with Crippen molar-refractivity contribution in [2.24, 2.45) is 62.1 Å². The topological polar surface area (TPSA) is 95.9 Å². The molecule has 0 aliphatic heterocycles. The summed E-state index contributed by atoms with van der Waals surface area (Å²) in [6.07, 6.45) is 13.2. The van der Waals surface area contributed by atoms with Crippen molar-refractivity contribution in [3.63, 3.8) is 0 Å². The van der Waals surface area contributed by atoms with E-state index in [-0.39, 0.29) is 51.5 Å². The third kappa shape index (κ3) is 6.48. The maximum absolute atomic E-state index is 14.1. The van der Waals surface area contributed by atoms with Crippen LogP contribution in [0.15, 0.2) is 11.1 Å². The molecule has 7 heteroatoms. The molecule has 8 atom stereocenters. The van der Waals surface area contributed by atoms with Crippen LogP contribution in [-0.4, -0.2) is 67.1 Å². The third-order valence-corrected chi connectivity index (χ3v) is 16.8. The van der Waals surface area contributed by atoms with Crippen molar-refractivity contribution in [3.05, 3.63) is 11.1 Å². The number of nitrogens with zero attached hydrogens (tertiary/aromatic N) is 1. The maximum atomic E-state index is 14.1. The van der Waals surface area contributed by atoms with Gasteiger partial charge < -0.3 is 20.1 Å². The van der Waals surface area contributed by atoms with E-state index in [1.165, 1.54) is 50.6 Å². The molecule has 0 spiro atoms. The van der Waals surface area contributed by atoms with E-state index >= 15 is 0 Å². The Kier molecular flexibility index (Phi) is 10.3. The summed E-state index contributed by atoms with van der Waals surface area (Å²) in [6.45, 7) is 24.6. The highest BCUT2D eigenvalue weighted by molar-refractivity contribution is 6.00. The van der Waals surface area contributed by atoms with E-state index in [2.05, 4.69) is 65.7 Å². The van der Waals surface area contributed by atoms with Gasteiger partial charge in [-0.05, 0) is 149 Å². The highest BCUT2D eigenvalue weighted by Gasteiger charge is 2.70. The first-order chi connectivity index (χ1) is 23.8. The minimum absolute atomic E-state index is 0.0196. The predicted octanol–water partition coefficient (Wildman–Crippen LogP) is 8.70. The van der Waals surface area contributed by atoms with Crippen LogP contribution in [0, 0.1) is 62.1 Å². The van der Waals surface area contributed by atoms with Crippen LogP contribution in [0.2, 0.25) is 0 Å². The number of carboxylic acids is 1. The number of rotatable bonds is 13. The number of ether oxygens (including phenoxy) is 1. The van der Waals surface area contributed by atoms with Gasteiger partial charge in [0.1, 0.15) is 6.10 Å². The van der Waals surface area contributed by atoms with Gasteiger partial charge in [0.15, 0.2) is 5.78 Å². The second-order valence-electron chi connectivity index (χ2n) is 20.8. The predicted molar refractivity (Wildman–Crippen MR) is 203 cm³/mol. The number of allylic oxidation sites excluding steroid dienone is 2. The normalized spacial score (nSPS) is 39.0. The van der Waals surface area contributed by atoms with E-state index in [4.69, 9.17) is 4.74 Å². The van der Waals surface area contributed by atoms with Crippen molar-refractivity contribution in [2.75, 3.05) is 33.2 Å². The van der Waals surface area contributed by atoms with Crippen LogP contribution >= 0.6 is 0 Å². The number of esters is 1. The summed E-state index contributed by atoms with van der Waals surface area (Å²) in [5.74, 6) is 1.69. The van der Waals surface area contributed by atoms with Crippen molar-refractivity contribution >= 4 is 17.7 Å². The molecule has 6 rings (SSSR count). The molecule has 0 saturated heterocycles. The number of likely N-dealkylation sites (N-methyl/N-ethyl adjacent to an activating group) is 1. The SMILES string of the molecule is CNCCN(CC[C@@]12CC[C@]3(C)[C@H](CCC4[C@@]5(C)CC[C@H](OC(=O)CC(C)(C)C(=O)O)C(C)(C)C5CC[C@]43C)C1=C(C(C)C)C(=O)C2)CC1CC1. The molecule has 0 bridgehead atoms. The largest absolute Gasteiger partial charge is 0.481 e. The molecule has 5 saturated carbocycles. The zero-order chi connectivity index (χ0) is 37.4. The van der Waals surface area contributed by atoms with Gasteiger partial charge in [0.05, 0.1) is 11.8 Å². The Morgan fingerprint density at radius 2 is 1.63 bits per heavy atom. The lowest BCUT2D eigenvalue weighted by atomic mass is 9.33. The number of carboxylic acid groups (broad SMARTS) is 1. The molecule has 0 amide bonds. The lowest BCUT2D eigenvalue weighted by Gasteiger charge is -2.72. The number of hydrogen-bond donors (Lipinski definition) is 2. The lowest BCUT2D eigenvalue weighted by Crippen LogP contribution is -2.65. The van der Waals surface area contributed by atoms with Gasteiger partial charge in [-0.25, -0.2) is 0 Å². The summed E-state index contributed by atoms with van der Waals surface area (Å²) in [5.41, 5.74) is 1.94. The van der Waals surface area contributed by atoms with Gasteiger partial charge in [-0.3, -0.25) is 14.4 Å². The van der Waals surface area contributed by atoms with Crippen LogP contribution < -0.4 is 5.32 Å². The first-order valence-corrected chi connectivity index (χ1v) is 20.8. The zero-order valence-electron chi connectivity index (χ0n) is 34.0. The molecule has 6 aliphatic carbocycles. The second kappa shape index (κ2) is 13.5. The molecule has 6 aliphatic rings. The Balaban J connectivity index is 1.26. The van der Waals surface area contributed by atoms with E-state index in [0.717, 1.165) is 64.1 Å². The van der Waals surface area contributed by atoms with Crippen LogP contribution in [0.3, 0.4) is 0 Å². The van der Waals surface area contributed by atoms with Crippen LogP contribution in [0.25, 0.3) is 0 Å². The lowest BCUT2D eigenvalue weighted by molar-refractivity contribution is -0.233. The summed E-state index contributed by atoms with van der Waals surface area (Å²) in [4.78, 5) is 41.7. The molecule has 288 valence electrons. The first-order valence-electron chi connectivity index (χ1n) is 20.8. The standard InChI is InChI=1S/C44H72N2O5/c1-28(2)36-31(47)25-44(21-23-46(24-22-45-10)27-29-11-12-29)20-19-42(8)30(37(36)44)13-14-33-41(7)17-16-34(51-35(48)26-39(3,4)38(49)50)40(5,6)32(41)15-18-43(33,42)9/h28-30,32-34,45H,11-27H2,1-10H3,(H,49,50)/t30-,32?,33?,34+,41+,42-,43-,44-/m1/s1. The molecular weight excluding hydrogens is 636 g/mol. The quantitative estimate of drug-likeness (QED) is 0.185. The second-order valence-corrected chi connectivity index (χ2v) is 20.8. The Labute approximate surface area is 309 Å². The average molecular weight is 709 g/mol. The van der Waals surface area contributed by atoms with Crippen LogP contribution in [0.4, 0.5) is 0 Å². The van der Waals surface area contributed by atoms with Crippen LogP contribution in [0.5, 0.6) is 0 Å². The van der Waals surface area contributed by atoms with Crippen LogP contribution in [0.1, 0.15) is 146 Å². The van der Waals surface area contributed by atoms with Crippen molar-refractivity contribution < 1.29 is 24.2 Å². The van der Waals surface area contributed by atoms with E-state index < -0.39 is 11.4 Å². The van der Waals surface area contributed by atoms with Crippen molar-refractivity contribution in [1.82, 2.24) is 10.2 Å². The number of fused-ring (bicyclic) bond motifs is 7. The average Bonchev–Trinajstić information content (AvgIpc) is 3.80. The number of nitrogens with one attached hydrogen (secondary N) is 1. The van der Waals surface area contributed by atoms with Gasteiger partial charge in [-0.15, -0.1) is 0 Å². The van der Waals surface area contributed by atoms with Gasteiger partial charge in [0, 0.05) is 36.9 Å². The van der Waals surface area contributed by atoms with Crippen LogP contribution in [-0.2, 0) is 19.1 Å². The molecule has 0 aromatic carbocycles. The highest BCUT2D eigenvalue weighted by Crippen LogP contribution is 2.77. The Morgan fingerprint density at radius 3 is 2.25 bits per heavy atom. The minimum atomic E-state index is -1.14. The van der Waals surface area contributed by atoms with E-state index in [0.29, 0.717) is 23.5 Å². The molecule has 51 heavy (non-hydrogen) atoms. The van der Waals surface area contributed by atoms with E-state index in [1.54, 1.807) is 19.4 Å². The number of carbonyl (C=O) groups excluding carboxylic acids is 2. The fourth-order valence-electron chi connectivity index (χ4n) is 13.5. The maximum Gasteiger partial charge on any atom is 0.309 e. The molecule has 2 unspecified atom stereocenters. The third-order valence-electron chi connectivity index (χ3n) is 16.8. The van der Waals surface area contributed by atoms with E-state index in [9.17, 15) is 19.5 Å². The molecule has 2 N–H and O–H groups in total. The number of ketones is 1. The summed E-state index contributed by atoms with van der Waals surface area (Å²) < 4.78 is 6.19. The van der Waals surface area contributed by atoms with Gasteiger partial charge in [0.2, 0.25) is 0 Å². The van der Waals surface area contributed by atoms with Gasteiger partial charge in [0.25, 0.3) is 0 Å². The Hall–Kier alpha value is -1.73. The van der Waals surface area contributed by atoms with Gasteiger partial charge in [-0.2, -0.15) is 0 Å². The Bertz CT molecular complexity index is 1410. The zero-order valence-corrected chi connectivity index (χ0v) is 34.0. The number of hydrogen-bond acceptors (Lipinski definition) is 6. The smallest absolute Gasteiger partial charge is 0.309 e. The fourth-order valence-corrected chi connectivity index (χ4v) is 13.5. The van der Waals surface area contributed by atoms with Crippen molar-refractivity contribution in [3.8, 4) is 0 Å². The highest BCUT2D eigenvalue weighted by atomic mass is 16.5. The van der Waals surface area contributed by atoms with Crippen molar-refractivity contribution in [1.29, 1.82) is 0 Å². The minimum Gasteiger partial charge on any atom is -0.481 e. The molecule has 7 nitrogen and oxygen atoms in total. The molecule has 0 aromatic rings. The molecular formula is C44H72N2O5. The number of aliphatic carboxylic acids is 1. The van der Waals surface area contributed by atoms with Gasteiger partial charge in [-0.1, -0.05) is 54.0 Å². The molecule has 0 heterocycles. The summed E-state index contributed by atoms with van der Waals surface area (Å²) in [5, 5.41) is 13.0. The Morgan fingerprint density at radius 1 is 0.922 bits per heavy atom. The summed E-state index contributed by atoms with van der Waals surface area (Å²) in [7, 11) is 2.05. The molecule has 0 radical (unpaired) electrons. The summed E-state index contributed by atoms with van der Waals surface area (Å²) in [6, 6.07) is 0. The molecule has 0 aromatic heterocycles. The fraction of sp³-hybridized carbons (Fsp3) is 0.886. The summed E-state index contributed by atoms with van der Waals surface area (Å²) >= 11 is 0. The number of Topliss-reactive ketones (excluding diaryl/α,β-unsaturated/α-hetero) is 1. The van der Waals surface area contributed by atoms with E-state index in [1.807, 2.05) is 0 Å². The molecule has 5 fully saturated rings. The number of carbonyl (C=O) groups is 3. The van der Waals surface area contributed by atoms with Gasteiger partial charge >= 0.3 is 11.9 Å². The monoisotopic (exact) mass is 709 g/mol. The van der Waals surface area contributed by atoms with Crippen molar-refractivity contribution in [2.45, 2.75) is 152 Å². The first kappa shape index (κ1) is 39.0.